The van der Waals surface area contributed by atoms with Gasteiger partial charge in [-0.1, -0.05) is 0 Å². The Bertz CT molecular complexity index is 125. The molecule has 0 atom stereocenters. The highest BCUT2D eigenvalue weighted by molar-refractivity contribution is 5.85. The van der Waals surface area contributed by atoms with Crippen LogP contribution in [0, 0.1) is 5.92 Å². The van der Waals surface area contributed by atoms with Crippen LogP contribution in [0.4, 0.5) is 0 Å². The SMILES string of the molecule is Cl.NOC(=O)C1CCOCC1. The molecular formula is C6H12ClNO3. The fraction of sp³-hybridized carbons (Fsp3) is 0.833. The third kappa shape index (κ3) is 3.05. The Morgan fingerprint density at radius 2 is 2.00 bits per heavy atom. The molecule has 1 heterocycles. The summed E-state index contributed by atoms with van der Waals surface area (Å²) in [4.78, 5) is 14.9. The smallest absolute Gasteiger partial charge is 0.327 e. The zero-order valence-electron chi connectivity index (χ0n) is 6.12. The third-order valence-corrected chi connectivity index (χ3v) is 1.67. The summed E-state index contributed by atoms with van der Waals surface area (Å²) in [5, 5.41) is 0. The number of ether oxygens (including phenoxy) is 1. The van der Waals surface area contributed by atoms with Gasteiger partial charge in [-0.3, -0.25) is 4.79 Å². The monoisotopic (exact) mass is 181 g/mol. The molecule has 66 valence electrons. The highest BCUT2D eigenvalue weighted by atomic mass is 35.5. The van der Waals surface area contributed by atoms with Gasteiger partial charge in [-0.05, 0) is 12.8 Å². The lowest BCUT2D eigenvalue weighted by molar-refractivity contribution is -0.152. The van der Waals surface area contributed by atoms with E-state index in [2.05, 4.69) is 4.84 Å². The minimum absolute atomic E-state index is 0. The van der Waals surface area contributed by atoms with Gasteiger partial charge < -0.3 is 9.57 Å². The molecule has 0 aromatic carbocycles. The molecule has 5 heteroatoms. The summed E-state index contributed by atoms with van der Waals surface area (Å²) >= 11 is 0. The van der Waals surface area contributed by atoms with Gasteiger partial charge in [-0.15, -0.1) is 12.4 Å². The summed E-state index contributed by atoms with van der Waals surface area (Å²) in [6, 6.07) is 0. The summed E-state index contributed by atoms with van der Waals surface area (Å²) < 4.78 is 5.05. The summed E-state index contributed by atoms with van der Waals surface area (Å²) in [6.45, 7) is 1.28. The van der Waals surface area contributed by atoms with Crippen LogP contribution in [0.5, 0.6) is 0 Å². The summed E-state index contributed by atoms with van der Waals surface area (Å²) in [5.41, 5.74) is 0. The first-order valence-electron chi connectivity index (χ1n) is 3.33. The van der Waals surface area contributed by atoms with Crippen molar-refractivity contribution < 1.29 is 14.4 Å². The van der Waals surface area contributed by atoms with E-state index in [9.17, 15) is 4.79 Å². The van der Waals surface area contributed by atoms with Crippen molar-refractivity contribution in [2.45, 2.75) is 12.8 Å². The normalized spacial score (nSPS) is 18.6. The van der Waals surface area contributed by atoms with Crippen LogP contribution < -0.4 is 5.90 Å². The zero-order valence-corrected chi connectivity index (χ0v) is 6.93. The lowest BCUT2D eigenvalue weighted by Crippen LogP contribution is -2.26. The molecule has 1 aliphatic rings. The molecule has 0 aliphatic carbocycles. The van der Waals surface area contributed by atoms with E-state index in [4.69, 9.17) is 10.6 Å². The van der Waals surface area contributed by atoms with E-state index in [1.54, 1.807) is 0 Å². The van der Waals surface area contributed by atoms with Crippen molar-refractivity contribution in [1.29, 1.82) is 0 Å². The molecule has 4 nitrogen and oxygen atoms in total. The van der Waals surface area contributed by atoms with Gasteiger partial charge in [0.2, 0.25) is 0 Å². The third-order valence-electron chi connectivity index (χ3n) is 1.67. The van der Waals surface area contributed by atoms with Gasteiger partial charge in [0.15, 0.2) is 0 Å². The van der Waals surface area contributed by atoms with E-state index < -0.39 is 0 Å². The lowest BCUT2D eigenvalue weighted by Gasteiger charge is -2.18. The first-order chi connectivity index (χ1) is 4.84. The van der Waals surface area contributed by atoms with Crippen LogP contribution in [0.25, 0.3) is 0 Å². The highest BCUT2D eigenvalue weighted by Crippen LogP contribution is 2.14. The standard InChI is InChI=1S/C6H11NO3.ClH/c7-10-6(8)5-1-3-9-4-2-5;/h5H,1-4,7H2;1H. The van der Waals surface area contributed by atoms with Gasteiger partial charge in [0, 0.05) is 13.2 Å². The molecule has 0 unspecified atom stereocenters. The Balaban J connectivity index is 0.000001000. The number of nitrogens with two attached hydrogens (primary N) is 1. The lowest BCUT2D eigenvalue weighted by atomic mass is 10.0. The number of hydrogen-bond donors (Lipinski definition) is 1. The fourth-order valence-electron chi connectivity index (χ4n) is 1.03. The fourth-order valence-corrected chi connectivity index (χ4v) is 1.03. The summed E-state index contributed by atoms with van der Waals surface area (Å²) in [6.07, 6.45) is 1.46. The topological polar surface area (TPSA) is 61.5 Å². The predicted octanol–water partition coefficient (Wildman–Crippen LogP) is 0.252. The molecule has 1 fully saturated rings. The van der Waals surface area contributed by atoms with Gasteiger partial charge in [0.1, 0.15) is 0 Å². The van der Waals surface area contributed by atoms with Crippen molar-refractivity contribution in [3.05, 3.63) is 0 Å². The van der Waals surface area contributed by atoms with Crippen LogP contribution in [-0.2, 0) is 14.4 Å². The van der Waals surface area contributed by atoms with Crippen molar-refractivity contribution in [1.82, 2.24) is 0 Å². The molecule has 1 rings (SSSR count). The van der Waals surface area contributed by atoms with Crippen LogP contribution in [0.3, 0.4) is 0 Å². The molecule has 0 aromatic rings. The highest BCUT2D eigenvalue weighted by Gasteiger charge is 2.22. The van der Waals surface area contributed by atoms with Crippen molar-refractivity contribution in [3.63, 3.8) is 0 Å². The first kappa shape index (κ1) is 10.7. The molecule has 0 radical (unpaired) electrons. The van der Waals surface area contributed by atoms with Crippen LogP contribution in [-0.4, -0.2) is 19.2 Å². The van der Waals surface area contributed by atoms with Crippen LogP contribution in [0.1, 0.15) is 12.8 Å². The second-order valence-electron chi connectivity index (χ2n) is 2.32. The first-order valence-corrected chi connectivity index (χ1v) is 3.33. The molecule has 0 aromatic heterocycles. The van der Waals surface area contributed by atoms with Crippen molar-refractivity contribution in [2.24, 2.45) is 11.8 Å². The maximum absolute atomic E-state index is 10.8. The zero-order chi connectivity index (χ0) is 7.40. The molecule has 0 bridgehead atoms. The van der Waals surface area contributed by atoms with E-state index in [-0.39, 0.29) is 24.3 Å². The Hall–Kier alpha value is -0.320. The summed E-state index contributed by atoms with van der Waals surface area (Å²) in [7, 11) is 0. The quantitative estimate of drug-likeness (QED) is 0.590. The molecule has 0 amide bonds. The van der Waals surface area contributed by atoms with E-state index in [1.807, 2.05) is 0 Å². The molecule has 1 saturated heterocycles. The number of rotatable bonds is 1. The Kier molecular flexibility index (Phi) is 5.19. The van der Waals surface area contributed by atoms with Crippen LogP contribution >= 0.6 is 12.4 Å². The predicted molar refractivity (Wildman–Crippen MR) is 41.1 cm³/mol. The second-order valence-corrected chi connectivity index (χ2v) is 2.32. The van der Waals surface area contributed by atoms with E-state index in [0.717, 1.165) is 12.8 Å². The minimum atomic E-state index is -0.316. The van der Waals surface area contributed by atoms with Crippen molar-refractivity contribution in [3.8, 4) is 0 Å². The van der Waals surface area contributed by atoms with Gasteiger partial charge in [0.05, 0.1) is 5.92 Å². The Morgan fingerprint density at radius 1 is 1.45 bits per heavy atom. The largest absolute Gasteiger partial charge is 0.381 e. The maximum atomic E-state index is 10.8. The van der Waals surface area contributed by atoms with Gasteiger partial charge in [-0.25, -0.2) is 0 Å². The average Bonchev–Trinajstić information content (AvgIpc) is 2.05. The molecule has 0 saturated carbocycles. The van der Waals surface area contributed by atoms with Crippen molar-refractivity contribution >= 4 is 18.4 Å². The Labute approximate surface area is 71.4 Å². The molecule has 2 N–H and O–H groups in total. The number of carbonyl (C=O) groups is 1. The Morgan fingerprint density at radius 3 is 2.45 bits per heavy atom. The van der Waals surface area contributed by atoms with Crippen molar-refractivity contribution in [2.75, 3.05) is 13.2 Å². The summed E-state index contributed by atoms with van der Waals surface area (Å²) in [5.74, 6) is 4.35. The molecular weight excluding hydrogens is 170 g/mol. The molecule has 1 aliphatic heterocycles. The van der Waals surface area contributed by atoms with E-state index >= 15 is 0 Å². The van der Waals surface area contributed by atoms with E-state index in [0.29, 0.717) is 13.2 Å². The van der Waals surface area contributed by atoms with E-state index in [1.165, 1.54) is 0 Å². The minimum Gasteiger partial charge on any atom is -0.381 e. The van der Waals surface area contributed by atoms with Gasteiger partial charge in [0.25, 0.3) is 0 Å². The number of carbonyl (C=O) groups excluding carboxylic acids is 1. The average molecular weight is 182 g/mol. The van der Waals surface area contributed by atoms with Gasteiger partial charge in [-0.2, -0.15) is 5.90 Å². The molecule has 11 heavy (non-hydrogen) atoms. The van der Waals surface area contributed by atoms with Crippen LogP contribution in [0.15, 0.2) is 0 Å². The van der Waals surface area contributed by atoms with Crippen LogP contribution in [0.2, 0.25) is 0 Å². The second kappa shape index (κ2) is 5.35. The maximum Gasteiger partial charge on any atom is 0.327 e. The number of hydrogen-bond acceptors (Lipinski definition) is 4. The van der Waals surface area contributed by atoms with Gasteiger partial charge >= 0.3 is 5.97 Å². The molecule has 0 spiro atoms. The number of halogens is 1.